The number of carbonyl (C=O) groups excluding carboxylic acids is 6. The van der Waals surface area contributed by atoms with Crippen molar-refractivity contribution < 1.29 is 102 Å². The maximum Gasteiger partial charge on any atom is 0.425 e. The van der Waals surface area contributed by atoms with Gasteiger partial charge in [-0.15, -0.1) is 0 Å². The lowest BCUT2D eigenvalue weighted by Crippen LogP contribution is -2.32. The summed E-state index contributed by atoms with van der Waals surface area (Å²) in [7, 11) is 0. The zero-order valence-electron chi connectivity index (χ0n) is 47.7. The zero-order valence-corrected chi connectivity index (χ0v) is 47.7. The van der Waals surface area contributed by atoms with E-state index < -0.39 is 85.9 Å². The summed E-state index contributed by atoms with van der Waals surface area (Å²) in [4.78, 5) is 70.0. The van der Waals surface area contributed by atoms with Crippen LogP contribution in [0.25, 0.3) is 21.5 Å². The van der Waals surface area contributed by atoms with Crippen LogP contribution in [0, 0.1) is 16.7 Å². The summed E-state index contributed by atoms with van der Waals surface area (Å²) >= 11 is 0. The molecule has 0 spiro atoms. The minimum Gasteiger partial charge on any atom is -0.482 e. The molecule has 0 amide bonds. The van der Waals surface area contributed by atoms with Crippen LogP contribution in [0.3, 0.4) is 0 Å². The smallest absolute Gasteiger partial charge is 0.425 e. The van der Waals surface area contributed by atoms with Crippen molar-refractivity contribution in [2.45, 2.75) is 133 Å². The number of alkyl halides is 7. The number of rotatable bonds is 25. The third kappa shape index (κ3) is 25.0. The Hall–Kier alpha value is -7.65. The third-order valence-electron chi connectivity index (χ3n) is 12.2. The van der Waals surface area contributed by atoms with E-state index in [9.17, 15) is 59.5 Å². The van der Waals surface area contributed by atoms with Crippen molar-refractivity contribution in [2.75, 3.05) is 33.0 Å². The highest BCUT2D eigenvalue weighted by Crippen LogP contribution is 2.29. The summed E-state index contributed by atoms with van der Waals surface area (Å²) in [6.45, 7) is 13.7. The second-order valence-corrected chi connectivity index (χ2v) is 20.5. The number of fused-ring (bicyclic) bond motifs is 2. The van der Waals surface area contributed by atoms with Crippen LogP contribution >= 0.6 is 0 Å². The average molecular weight is 1170 g/mol. The van der Waals surface area contributed by atoms with Gasteiger partial charge in [0.2, 0.25) is 0 Å². The molecular weight excluding hydrogens is 1090 g/mol. The molecule has 0 aliphatic heterocycles. The molecule has 0 aromatic heterocycles. The Bertz CT molecular complexity index is 2910. The van der Waals surface area contributed by atoms with Gasteiger partial charge in [-0.3, -0.25) is 14.4 Å². The first-order valence-electron chi connectivity index (χ1n) is 26.1. The Morgan fingerprint density at radius 3 is 1.26 bits per heavy atom. The number of hydrogen-bond donors (Lipinski definition) is 0. The van der Waals surface area contributed by atoms with Crippen LogP contribution in [0.4, 0.5) is 30.7 Å². The molecule has 0 saturated carbocycles. The fourth-order valence-electron chi connectivity index (χ4n) is 6.07. The molecule has 0 N–H and O–H groups in total. The third-order valence-corrected chi connectivity index (χ3v) is 12.2. The Balaban J connectivity index is 0.000000324. The molecular formula is C60H71F7O15. The van der Waals surface area contributed by atoms with Crippen LogP contribution in [0.5, 0.6) is 23.0 Å². The van der Waals surface area contributed by atoms with Crippen LogP contribution in [-0.2, 0) is 65.7 Å². The number of benzene rings is 5. The first-order chi connectivity index (χ1) is 38.1. The molecule has 450 valence electrons. The Morgan fingerprint density at radius 2 is 0.829 bits per heavy atom. The Kier molecular flexibility index (Phi) is 25.9. The van der Waals surface area contributed by atoms with Crippen molar-refractivity contribution in [3.63, 3.8) is 0 Å². The highest BCUT2D eigenvalue weighted by Gasteiger charge is 2.39. The van der Waals surface area contributed by atoms with Gasteiger partial charge in [0, 0.05) is 13.8 Å². The molecule has 5 rings (SSSR count). The largest absolute Gasteiger partial charge is 0.482 e. The minimum atomic E-state index is -4.62. The van der Waals surface area contributed by atoms with Gasteiger partial charge < -0.3 is 42.6 Å². The first kappa shape index (κ1) is 68.6. The molecule has 0 aliphatic carbocycles. The number of carbonyl (C=O) groups is 6. The molecule has 5 aromatic rings. The average Bonchev–Trinajstić information content (AvgIpc) is 3.43. The molecule has 2 unspecified atom stereocenters. The molecule has 82 heavy (non-hydrogen) atoms. The number of hydrogen-bond acceptors (Lipinski definition) is 15. The molecule has 0 bridgehead atoms. The maximum atomic E-state index is 12.7. The standard InChI is InChI=1S/C22H26F2O5.C21H24F2O5.C17H21F3O5/c1-5-21(2,3)20(26)28-12-15-6-7-17-11-18(9-8-16(17)10-15)27-13-19(25)29-14-22(4,23)24;1-4-14(2)20(25)27-11-15-5-6-17-10-18(8-7-16(17)9-15)26-12-19(24)28-13-21(3,22)23;1-5-16(3,4)15(22)25-13-8-6-12(7-9-13)23-10-14(21)24-11(2)17(18,19)20/h6-11H,5,12-14H2,1-4H3;5-10,14H,4,11-13H2,1-3H3;6-9,11H,5,10H2,1-4H3. The molecule has 0 aliphatic rings. The molecule has 0 fully saturated rings. The minimum absolute atomic E-state index is 0.129. The molecule has 0 saturated heterocycles. The summed E-state index contributed by atoms with van der Waals surface area (Å²) in [5.74, 6) is -8.61. The maximum absolute atomic E-state index is 12.7. The van der Waals surface area contributed by atoms with Gasteiger partial charge >= 0.3 is 42.0 Å². The summed E-state index contributed by atoms with van der Waals surface area (Å²) in [6, 6.07) is 27.4. The van der Waals surface area contributed by atoms with Crippen LogP contribution in [0.15, 0.2) is 97.1 Å². The predicted molar refractivity (Wildman–Crippen MR) is 288 cm³/mol. The van der Waals surface area contributed by atoms with E-state index in [2.05, 4.69) is 14.2 Å². The van der Waals surface area contributed by atoms with Crippen molar-refractivity contribution in [1.29, 1.82) is 0 Å². The lowest BCUT2D eigenvalue weighted by Gasteiger charge is -2.20. The lowest BCUT2D eigenvalue weighted by atomic mass is 9.91. The summed E-state index contributed by atoms with van der Waals surface area (Å²) < 4.78 is 132. The van der Waals surface area contributed by atoms with E-state index in [1.165, 1.54) is 24.3 Å². The fourth-order valence-corrected chi connectivity index (χ4v) is 6.07. The van der Waals surface area contributed by atoms with E-state index in [-0.39, 0.29) is 42.8 Å². The highest BCUT2D eigenvalue weighted by atomic mass is 19.4. The quantitative estimate of drug-likeness (QED) is 0.0232. The van der Waals surface area contributed by atoms with Crippen molar-refractivity contribution >= 4 is 57.4 Å². The van der Waals surface area contributed by atoms with Gasteiger partial charge in [-0.05, 0) is 147 Å². The summed E-state index contributed by atoms with van der Waals surface area (Å²) in [5, 5.41) is 3.55. The molecule has 2 atom stereocenters. The zero-order chi connectivity index (χ0) is 61.6. The van der Waals surface area contributed by atoms with Gasteiger partial charge in [-0.1, -0.05) is 64.1 Å². The SMILES string of the molecule is CCC(C)(C)C(=O)OCc1ccc2cc(OCC(=O)OCC(C)(F)F)ccc2c1.CCC(C)(C)C(=O)Oc1ccc(OCC(=O)OC(C)C(F)(F)F)cc1.CCC(C)C(=O)OCc1ccc2cc(OCC(=O)OCC(C)(F)F)ccc2c1. The van der Waals surface area contributed by atoms with Gasteiger partial charge in [-0.2, -0.15) is 13.2 Å². The fraction of sp³-hybridized carbons (Fsp3) is 0.467. The van der Waals surface area contributed by atoms with E-state index in [0.717, 1.165) is 46.0 Å². The second kappa shape index (κ2) is 31.0. The number of esters is 6. The van der Waals surface area contributed by atoms with Gasteiger partial charge in [0.25, 0.3) is 11.8 Å². The van der Waals surface area contributed by atoms with E-state index in [4.69, 9.17) is 28.4 Å². The summed E-state index contributed by atoms with van der Waals surface area (Å²) in [6.07, 6.45) is -4.78. The molecule has 5 aromatic carbocycles. The van der Waals surface area contributed by atoms with Crippen molar-refractivity contribution in [3.05, 3.63) is 108 Å². The van der Waals surface area contributed by atoms with Crippen molar-refractivity contribution in [3.8, 4) is 23.0 Å². The molecule has 0 radical (unpaired) electrons. The van der Waals surface area contributed by atoms with Crippen LogP contribution in [-0.4, -0.2) is 93.0 Å². The Labute approximate surface area is 471 Å². The second-order valence-electron chi connectivity index (χ2n) is 20.5. The Morgan fingerprint density at radius 1 is 0.451 bits per heavy atom. The number of halogens is 7. The van der Waals surface area contributed by atoms with Gasteiger partial charge in [0.05, 0.1) is 16.7 Å². The van der Waals surface area contributed by atoms with Crippen molar-refractivity contribution in [1.82, 2.24) is 0 Å². The van der Waals surface area contributed by atoms with Crippen LogP contribution in [0.1, 0.15) is 107 Å². The van der Waals surface area contributed by atoms with Gasteiger partial charge in [0.1, 0.15) is 36.2 Å². The molecule has 0 heterocycles. The summed E-state index contributed by atoms with van der Waals surface area (Å²) in [5.41, 5.74) is 0.586. The lowest BCUT2D eigenvalue weighted by molar-refractivity contribution is -0.217. The van der Waals surface area contributed by atoms with E-state index in [1.807, 2.05) is 77.9 Å². The highest BCUT2D eigenvalue weighted by molar-refractivity contribution is 5.86. The van der Waals surface area contributed by atoms with E-state index in [0.29, 0.717) is 43.9 Å². The van der Waals surface area contributed by atoms with Gasteiger partial charge in [-0.25, -0.2) is 31.9 Å². The molecule has 22 heteroatoms. The molecule has 15 nitrogen and oxygen atoms in total. The predicted octanol–water partition coefficient (Wildman–Crippen LogP) is 13.3. The number of ether oxygens (including phenoxy) is 9. The normalized spacial score (nSPS) is 12.5. The van der Waals surface area contributed by atoms with Crippen LogP contribution < -0.4 is 18.9 Å². The van der Waals surface area contributed by atoms with E-state index >= 15 is 0 Å². The van der Waals surface area contributed by atoms with E-state index in [1.54, 1.807) is 50.2 Å². The van der Waals surface area contributed by atoms with Crippen molar-refractivity contribution in [2.24, 2.45) is 16.7 Å². The monoisotopic (exact) mass is 1160 g/mol. The topological polar surface area (TPSA) is 185 Å². The first-order valence-corrected chi connectivity index (χ1v) is 26.1. The van der Waals surface area contributed by atoms with Crippen LogP contribution in [0.2, 0.25) is 0 Å². The van der Waals surface area contributed by atoms with Gasteiger partial charge in [0.15, 0.2) is 39.1 Å².